The Bertz CT molecular complexity index is 4760. The number of anilines is 5. The van der Waals surface area contributed by atoms with Crippen molar-refractivity contribution in [3.63, 3.8) is 0 Å². The Balaban J connectivity index is 0.000000221. The minimum absolute atomic E-state index is 0.00945. The quantitative estimate of drug-likeness (QED) is 0.00952. The Morgan fingerprint density at radius 2 is 0.975 bits per heavy atom. The van der Waals surface area contributed by atoms with Gasteiger partial charge in [0.25, 0.3) is 11.4 Å². The number of halogens is 4. The van der Waals surface area contributed by atoms with Gasteiger partial charge in [-0.25, -0.2) is 62.8 Å². The van der Waals surface area contributed by atoms with Crippen molar-refractivity contribution in [2.75, 3.05) is 170 Å². The molecule has 6 N–H and O–H groups in total. The van der Waals surface area contributed by atoms with Crippen LogP contribution in [-0.2, 0) is 70.0 Å². The van der Waals surface area contributed by atoms with Crippen molar-refractivity contribution in [3.05, 3.63) is 217 Å². The minimum Gasteiger partial charge on any atom is -0.482 e. The van der Waals surface area contributed by atoms with Crippen LogP contribution in [0.3, 0.4) is 0 Å². The fourth-order valence-corrected chi connectivity index (χ4v) is 11.4. The summed E-state index contributed by atoms with van der Waals surface area (Å²) < 4.78 is 84.7. The molecule has 8 aromatic rings. The molecule has 0 radical (unpaired) electrons. The third kappa shape index (κ3) is 28.6. The molecule has 2 aliphatic carbocycles. The van der Waals surface area contributed by atoms with Crippen LogP contribution in [0, 0.1) is 37.8 Å². The largest absolute Gasteiger partial charge is 0.482 e. The van der Waals surface area contributed by atoms with E-state index in [2.05, 4.69) is 103 Å². The fraction of sp³-hybridized carbons (Fsp3) is 0.338. The molecule has 0 spiro atoms. The average molecular weight is 1660 g/mol. The molecule has 2 aliphatic heterocycles. The number of ether oxygens (including phenoxy) is 9. The summed E-state index contributed by atoms with van der Waals surface area (Å²) >= 11 is 5.88. The monoisotopic (exact) mass is 1660 g/mol. The maximum Gasteiger partial charge on any atom is 0.343 e. The van der Waals surface area contributed by atoms with E-state index in [0.29, 0.717) is 71.6 Å². The lowest BCUT2D eigenvalue weighted by Gasteiger charge is -2.36. The number of benzene rings is 3. The smallest absolute Gasteiger partial charge is 0.343 e. The highest BCUT2D eigenvalue weighted by Gasteiger charge is 2.33. The number of nitrogens with one attached hydrogen (secondary N) is 3. The van der Waals surface area contributed by atoms with Crippen LogP contribution in [0.1, 0.15) is 33.6 Å². The molecule has 0 saturated carbocycles. The molecule has 7 heterocycles. The van der Waals surface area contributed by atoms with Crippen molar-refractivity contribution < 1.29 is 99.5 Å². The highest BCUT2D eigenvalue weighted by atomic mass is 35.5. The molecule has 0 unspecified atom stereocenters. The zero-order valence-electron chi connectivity index (χ0n) is 65.4. The van der Waals surface area contributed by atoms with E-state index in [1.54, 1.807) is 50.6 Å². The number of carbonyl (C=O) groups is 6. The molecule has 4 aliphatic rings. The number of hydrogen-bond acceptors (Lipinski definition) is 33. The summed E-state index contributed by atoms with van der Waals surface area (Å²) in [7, 11) is 12.4. The van der Waals surface area contributed by atoms with Crippen molar-refractivity contribution in [1.82, 2.24) is 54.5 Å². The number of aliphatic hydroxyl groups is 1. The van der Waals surface area contributed by atoms with Gasteiger partial charge >= 0.3 is 23.9 Å². The number of carbonyl (C=O) groups excluding carboxylic acids is 6. The molecule has 12 rings (SSSR count). The number of nitrogens with zero attached hydrogens (tertiary/aromatic N) is 13. The number of nitro groups is 2. The summed E-state index contributed by atoms with van der Waals surface area (Å²) in [6, 6.07) is 25.0. The van der Waals surface area contributed by atoms with E-state index in [0.717, 1.165) is 112 Å². The van der Waals surface area contributed by atoms with Crippen molar-refractivity contribution in [3.8, 4) is 17.5 Å². The molecule has 3 aromatic carbocycles. The SMILES string of the molecule is COC(=O)CO.COC(=O)COc1ccc(N)cn1.COC(=O)COc1ccc([N+](=O)[O-])cn1.COC[C@H](C(=O)Nc1cccc2c1CC=C2c1nc(Cl)ncc1F)N1CCN(C)CC1.COC[C@H](C(=O)Nc1cccc2c1CC=C2c1nc(Nc2ccc(OCC(=O)OC)cc2)ncc1F)N1CCN(C)CC1.O=[N+]([O-])c1ccc(F)nc1. The molecular weight excluding hydrogens is 1580 g/mol. The number of likely N-dealkylation sites (N-methyl/N-ethyl adjacent to an activating group) is 2. The Hall–Kier alpha value is -12.8. The summed E-state index contributed by atoms with van der Waals surface area (Å²) in [6.45, 7) is 6.25. The van der Waals surface area contributed by atoms with Crippen LogP contribution >= 0.6 is 11.6 Å². The Morgan fingerprint density at radius 3 is 1.38 bits per heavy atom. The van der Waals surface area contributed by atoms with Crippen molar-refractivity contribution >= 4 is 98.5 Å². The molecule has 2 saturated heterocycles. The van der Waals surface area contributed by atoms with Crippen molar-refractivity contribution in [2.45, 2.75) is 24.9 Å². The fourth-order valence-electron chi connectivity index (χ4n) is 11.2. The maximum atomic E-state index is 15.1. The molecule has 37 nitrogen and oxygen atoms in total. The Labute approximate surface area is 679 Å². The van der Waals surface area contributed by atoms with Crippen LogP contribution in [0.15, 0.2) is 140 Å². The molecule has 41 heteroatoms. The number of amides is 2. The number of rotatable bonds is 26. The lowest BCUT2D eigenvalue weighted by Crippen LogP contribution is -2.54. The van der Waals surface area contributed by atoms with E-state index >= 15 is 4.39 Å². The molecule has 628 valence electrons. The van der Waals surface area contributed by atoms with Gasteiger partial charge < -0.3 is 79.2 Å². The number of allylic oxidation sites excluding steroid dienone is 2. The number of aromatic nitrogens is 7. The summed E-state index contributed by atoms with van der Waals surface area (Å²) in [5.41, 5.74) is 12.7. The van der Waals surface area contributed by atoms with Gasteiger partial charge in [-0.3, -0.25) is 39.6 Å². The topological polar surface area (TPSA) is 457 Å². The van der Waals surface area contributed by atoms with Crippen LogP contribution in [0.5, 0.6) is 17.5 Å². The number of methoxy groups -OCH3 is 6. The van der Waals surface area contributed by atoms with Gasteiger partial charge in [0.2, 0.25) is 40.8 Å². The number of esters is 4. The van der Waals surface area contributed by atoms with Gasteiger partial charge in [-0.05, 0) is 109 Å². The lowest BCUT2D eigenvalue weighted by molar-refractivity contribution is -0.385. The predicted octanol–water partition coefficient (Wildman–Crippen LogP) is 6.60. The van der Waals surface area contributed by atoms with Crippen molar-refractivity contribution in [2.24, 2.45) is 0 Å². The number of nitrogen functional groups attached to an aromatic ring is 1. The maximum absolute atomic E-state index is 15.1. The second-order valence-electron chi connectivity index (χ2n) is 25.2. The van der Waals surface area contributed by atoms with Gasteiger partial charge in [0, 0.05) is 119 Å². The van der Waals surface area contributed by atoms with Crippen LogP contribution in [0.2, 0.25) is 5.28 Å². The van der Waals surface area contributed by atoms with Crippen molar-refractivity contribution in [1.29, 1.82) is 0 Å². The predicted molar refractivity (Wildman–Crippen MR) is 422 cm³/mol. The Morgan fingerprint density at radius 1 is 0.534 bits per heavy atom. The third-order valence-electron chi connectivity index (χ3n) is 17.4. The van der Waals surface area contributed by atoms with Crippen LogP contribution < -0.4 is 35.9 Å². The number of hydrogen-bond donors (Lipinski definition) is 5. The zero-order chi connectivity index (χ0) is 85.8. The number of nitrogens with two attached hydrogens (primary N) is 1. The average Bonchev–Trinajstić information content (AvgIpc) is 1.61. The molecule has 5 aromatic heterocycles. The summed E-state index contributed by atoms with van der Waals surface area (Å²) in [5.74, 6) is -2.93. The first-order chi connectivity index (χ1) is 56.7. The number of pyridine rings is 3. The number of piperazine rings is 2. The zero-order valence-corrected chi connectivity index (χ0v) is 66.1. The summed E-state index contributed by atoms with van der Waals surface area (Å²) in [6.07, 6.45) is 10.5. The van der Waals surface area contributed by atoms with Gasteiger partial charge in [-0.1, -0.05) is 36.4 Å². The van der Waals surface area contributed by atoms with E-state index < -0.39 is 64.0 Å². The standard InChI is InChI=1S/C31H35FN6O5.C22H25ClFN5O2.C8H8N2O5.C8H10N2O3.C5H3FN2O2.C3H6O3/c1-37-13-15-38(16-14-37)27(18-41-2)30(40)35-26-6-4-5-22-23(26)11-12-24(22)29-25(32)17-33-31(36-29)34-20-7-9-21(10-8-20)43-19-28(39)42-3;1-28-8-10-29(11-9-28)19(13-31-2)21(30)26-18-5-3-4-14-15(18)6-7-16(14)20-17(24)12-25-22(23)27-20;1-14-8(11)5-15-7-3-2-6(4-9-7)10(12)13;1-12-8(11)5-13-7-3-2-6(9)4-10-7;6-5-2-1-4(3-7-5)8(9)10;1-6-3(5)2-4/h4-10,12,17,27H,11,13-16,18-19H2,1-3H3,(H,35,40)(H,33,34,36);3-5,7,12,19H,6,8-11,13H2,1-2H3,(H,26,30);2-4H,5H2,1H3;2-4H,5,9H2,1H3;1-3H;4H,2H2,1H3/t27-;19-;;;;/m11..../s1. The molecular formula is C77H87ClF3N17O20. The van der Waals surface area contributed by atoms with Gasteiger partial charge in [-0.2, -0.15) is 4.39 Å². The normalized spacial score (nSPS) is 13.8. The first kappa shape index (κ1) is 92.3. The highest BCUT2D eigenvalue weighted by molar-refractivity contribution is 6.28. The van der Waals surface area contributed by atoms with Gasteiger partial charge in [0.15, 0.2) is 31.5 Å². The first-order valence-corrected chi connectivity index (χ1v) is 36.1. The molecule has 0 bridgehead atoms. The molecule has 2 atom stereocenters. The lowest BCUT2D eigenvalue weighted by atomic mass is 10.0. The van der Waals surface area contributed by atoms with Crippen LogP contribution in [-0.4, -0.2) is 266 Å². The second kappa shape index (κ2) is 47.3. The second-order valence-corrected chi connectivity index (χ2v) is 25.6. The first-order valence-electron chi connectivity index (χ1n) is 35.7. The Kier molecular flexibility index (Phi) is 37.0. The summed E-state index contributed by atoms with van der Waals surface area (Å²) in [5, 5.41) is 37.3. The van der Waals surface area contributed by atoms with E-state index in [1.807, 2.05) is 48.6 Å². The van der Waals surface area contributed by atoms with E-state index in [4.69, 9.17) is 46.1 Å². The van der Waals surface area contributed by atoms with Crippen LogP contribution in [0.4, 0.5) is 53.2 Å². The number of fused-ring (bicyclic) bond motifs is 2. The van der Waals surface area contributed by atoms with E-state index in [1.165, 1.54) is 46.8 Å². The summed E-state index contributed by atoms with van der Waals surface area (Å²) in [4.78, 5) is 124. The molecule has 2 fully saturated rings. The van der Waals surface area contributed by atoms with Crippen LogP contribution in [0.25, 0.3) is 11.1 Å². The van der Waals surface area contributed by atoms with E-state index in [9.17, 15) is 57.8 Å². The minimum atomic E-state index is -0.717. The van der Waals surface area contributed by atoms with Gasteiger partial charge in [0.1, 0.15) is 48.2 Å². The molecule has 118 heavy (non-hydrogen) atoms. The highest BCUT2D eigenvalue weighted by Crippen LogP contribution is 2.39. The third-order valence-corrected chi connectivity index (χ3v) is 17.6. The van der Waals surface area contributed by atoms with Gasteiger partial charge in [0.05, 0.1) is 75.8 Å². The van der Waals surface area contributed by atoms with E-state index in [-0.39, 0.29) is 77.6 Å². The van der Waals surface area contributed by atoms with Gasteiger partial charge in [-0.15, -0.1) is 0 Å². The molecule has 2 amide bonds. The number of aliphatic hydroxyl groups excluding tert-OH is 1.